The molecule has 0 aliphatic carbocycles. The molecule has 0 saturated heterocycles. The summed E-state index contributed by atoms with van der Waals surface area (Å²) in [5, 5.41) is 29.5. The zero-order chi connectivity index (χ0) is 21.6. The molecule has 3 N–H and O–H groups in total. The van der Waals surface area contributed by atoms with Crippen LogP contribution in [-0.2, 0) is 9.59 Å². The highest BCUT2D eigenvalue weighted by Crippen LogP contribution is 2.35. The molecule has 10 heteroatoms. The number of benzene rings is 2. The molecule has 0 bridgehead atoms. The van der Waals surface area contributed by atoms with E-state index in [1.807, 2.05) is 0 Å². The number of aliphatic carboxylic acids is 1. The standard InChI is InChI=1S/C19H12BrClN2O6/c20-14-5-10(6-15(21)17(14)29-9-16(24)25)4-12(8-22)18(26)23-13-3-1-2-11(7-13)19(27)28/h1-7H,9H2,(H,23,26)(H,24,25)(H,27,28). The molecule has 2 rings (SSSR count). The first-order valence-electron chi connectivity index (χ1n) is 7.81. The zero-order valence-electron chi connectivity index (χ0n) is 14.5. The number of nitrogens with one attached hydrogen (secondary N) is 1. The third-order valence-electron chi connectivity index (χ3n) is 3.40. The van der Waals surface area contributed by atoms with Crippen LogP contribution in [0, 0.1) is 11.3 Å². The van der Waals surface area contributed by atoms with Crippen molar-refractivity contribution in [2.24, 2.45) is 0 Å². The van der Waals surface area contributed by atoms with Crippen LogP contribution in [0.4, 0.5) is 5.69 Å². The lowest BCUT2D eigenvalue weighted by molar-refractivity contribution is -0.139. The van der Waals surface area contributed by atoms with Crippen LogP contribution < -0.4 is 10.1 Å². The summed E-state index contributed by atoms with van der Waals surface area (Å²) in [5.41, 5.74) is 0.328. The van der Waals surface area contributed by atoms with Gasteiger partial charge in [-0.3, -0.25) is 4.79 Å². The van der Waals surface area contributed by atoms with Crippen molar-refractivity contribution < 1.29 is 29.3 Å². The number of aromatic carboxylic acids is 1. The molecule has 148 valence electrons. The van der Waals surface area contributed by atoms with Gasteiger partial charge in [-0.2, -0.15) is 5.26 Å². The van der Waals surface area contributed by atoms with Gasteiger partial charge in [-0.1, -0.05) is 17.7 Å². The lowest BCUT2D eigenvalue weighted by atomic mass is 10.1. The van der Waals surface area contributed by atoms with Crippen LogP contribution in [0.3, 0.4) is 0 Å². The Morgan fingerprint density at radius 2 is 1.97 bits per heavy atom. The molecule has 2 aromatic rings. The van der Waals surface area contributed by atoms with Crippen molar-refractivity contribution in [3.63, 3.8) is 0 Å². The van der Waals surface area contributed by atoms with Gasteiger partial charge in [-0.15, -0.1) is 0 Å². The SMILES string of the molecule is N#CC(=Cc1cc(Cl)c(OCC(=O)O)c(Br)c1)C(=O)Nc1cccc(C(=O)O)c1. The van der Waals surface area contributed by atoms with E-state index in [0.29, 0.717) is 10.0 Å². The van der Waals surface area contributed by atoms with E-state index in [-0.39, 0.29) is 27.6 Å². The third-order valence-corrected chi connectivity index (χ3v) is 4.27. The molecule has 29 heavy (non-hydrogen) atoms. The molecule has 0 radical (unpaired) electrons. The minimum Gasteiger partial charge on any atom is -0.479 e. The largest absolute Gasteiger partial charge is 0.479 e. The van der Waals surface area contributed by atoms with Crippen LogP contribution in [-0.4, -0.2) is 34.7 Å². The van der Waals surface area contributed by atoms with Crippen LogP contribution >= 0.6 is 27.5 Å². The number of carboxylic acids is 2. The van der Waals surface area contributed by atoms with E-state index in [2.05, 4.69) is 21.2 Å². The number of amides is 1. The van der Waals surface area contributed by atoms with Gasteiger partial charge >= 0.3 is 11.9 Å². The van der Waals surface area contributed by atoms with E-state index < -0.39 is 24.5 Å². The van der Waals surface area contributed by atoms with Gasteiger partial charge in [-0.05, 0) is 57.9 Å². The molecule has 0 spiro atoms. The maximum Gasteiger partial charge on any atom is 0.341 e. The molecule has 0 fully saturated rings. The minimum atomic E-state index is -1.17. The number of rotatable bonds is 7. The van der Waals surface area contributed by atoms with Crippen molar-refractivity contribution in [2.75, 3.05) is 11.9 Å². The molecule has 1 amide bonds. The maximum absolute atomic E-state index is 12.4. The Bertz CT molecular complexity index is 1040. The van der Waals surface area contributed by atoms with E-state index >= 15 is 0 Å². The summed E-state index contributed by atoms with van der Waals surface area (Å²) in [7, 11) is 0. The highest BCUT2D eigenvalue weighted by Gasteiger charge is 2.14. The van der Waals surface area contributed by atoms with Crippen molar-refractivity contribution in [1.82, 2.24) is 0 Å². The fourth-order valence-corrected chi connectivity index (χ4v) is 3.17. The summed E-state index contributed by atoms with van der Waals surface area (Å²) in [6, 6.07) is 10.2. The van der Waals surface area contributed by atoms with Crippen molar-refractivity contribution in [2.45, 2.75) is 0 Å². The molecule has 0 aliphatic rings. The van der Waals surface area contributed by atoms with Crippen molar-refractivity contribution >= 4 is 57.1 Å². The van der Waals surface area contributed by atoms with E-state index in [0.717, 1.165) is 0 Å². The lowest BCUT2D eigenvalue weighted by Gasteiger charge is -2.10. The molecular weight excluding hydrogens is 468 g/mol. The second-order valence-electron chi connectivity index (χ2n) is 5.51. The fraction of sp³-hybridized carbons (Fsp3) is 0.0526. The monoisotopic (exact) mass is 478 g/mol. The summed E-state index contributed by atoms with van der Waals surface area (Å²) in [6.07, 6.45) is 1.27. The summed E-state index contributed by atoms with van der Waals surface area (Å²) >= 11 is 9.29. The Balaban J connectivity index is 2.26. The van der Waals surface area contributed by atoms with Crippen molar-refractivity contribution in [3.05, 3.63) is 62.6 Å². The molecule has 2 aromatic carbocycles. The average Bonchev–Trinajstić information content (AvgIpc) is 2.65. The van der Waals surface area contributed by atoms with Crippen molar-refractivity contribution in [1.29, 1.82) is 5.26 Å². The second-order valence-corrected chi connectivity index (χ2v) is 6.77. The number of ether oxygens (including phenoxy) is 1. The van der Waals surface area contributed by atoms with Crippen LogP contribution in [0.25, 0.3) is 6.08 Å². The highest BCUT2D eigenvalue weighted by molar-refractivity contribution is 9.10. The Morgan fingerprint density at radius 3 is 2.55 bits per heavy atom. The molecule has 0 saturated carbocycles. The number of hydrogen-bond donors (Lipinski definition) is 3. The number of anilines is 1. The van der Waals surface area contributed by atoms with E-state index in [4.69, 9.17) is 26.6 Å². The van der Waals surface area contributed by atoms with Gasteiger partial charge in [0, 0.05) is 5.69 Å². The summed E-state index contributed by atoms with van der Waals surface area (Å²) in [6.45, 7) is -0.589. The number of halogens is 2. The predicted molar refractivity (Wildman–Crippen MR) is 108 cm³/mol. The van der Waals surface area contributed by atoms with Gasteiger partial charge in [0.1, 0.15) is 11.6 Å². The minimum absolute atomic E-state index is 0.0158. The first-order chi connectivity index (χ1) is 13.7. The van der Waals surface area contributed by atoms with Gasteiger partial charge in [0.2, 0.25) is 0 Å². The Hall–Kier alpha value is -3.35. The Labute approximate surface area is 178 Å². The molecule has 0 aliphatic heterocycles. The second kappa shape index (κ2) is 9.73. The van der Waals surface area contributed by atoms with Gasteiger partial charge in [0.05, 0.1) is 15.1 Å². The number of nitriles is 1. The molecule has 0 unspecified atom stereocenters. The number of carboxylic acid groups (broad SMARTS) is 2. The first kappa shape index (κ1) is 21.9. The van der Waals surface area contributed by atoms with Gasteiger partial charge in [0.25, 0.3) is 5.91 Å². The Kier molecular flexibility index (Phi) is 7.36. The topological polar surface area (TPSA) is 137 Å². The summed E-state index contributed by atoms with van der Waals surface area (Å²) < 4.78 is 5.42. The molecule has 0 heterocycles. The fourth-order valence-electron chi connectivity index (χ4n) is 2.18. The van der Waals surface area contributed by atoms with Gasteiger partial charge < -0.3 is 20.3 Å². The number of hydrogen-bond acceptors (Lipinski definition) is 5. The maximum atomic E-state index is 12.4. The highest BCUT2D eigenvalue weighted by atomic mass is 79.9. The average molecular weight is 480 g/mol. The lowest BCUT2D eigenvalue weighted by Crippen LogP contribution is -2.14. The van der Waals surface area contributed by atoms with Crippen LogP contribution in [0.1, 0.15) is 15.9 Å². The first-order valence-corrected chi connectivity index (χ1v) is 8.98. The third kappa shape index (κ3) is 6.07. The normalized spacial score (nSPS) is 10.7. The summed E-state index contributed by atoms with van der Waals surface area (Å²) in [5.74, 6) is -2.96. The Morgan fingerprint density at radius 1 is 1.24 bits per heavy atom. The van der Waals surface area contributed by atoms with E-state index in [1.165, 1.54) is 42.5 Å². The van der Waals surface area contributed by atoms with Crippen LogP contribution in [0.15, 0.2) is 46.4 Å². The smallest absolute Gasteiger partial charge is 0.341 e. The number of nitrogens with zero attached hydrogens (tertiary/aromatic N) is 1. The van der Waals surface area contributed by atoms with E-state index in [9.17, 15) is 19.6 Å². The van der Waals surface area contributed by atoms with Gasteiger partial charge in [-0.25, -0.2) is 9.59 Å². The molecule has 0 atom stereocenters. The van der Waals surface area contributed by atoms with Crippen LogP contribution in [0.5, 0.6) is 5.75 Å². The van der Waals surface area contributed by atoms with E-state index in [1.54, 1.807) is 6.07 Å². The summed E-state index contributed by atoms with van der Waals surface area (Å²) in [4.78, 5) is 34.0. The zero-order valence-corrected chi connectivity index (χ0v) is 16.8. The molecule has 8 nitrogen and oxygen atoms in total. The number of carbonyl (C=O) groups is 3. The van der Waals surface area contributed by atoms with Crippen LogP contribution in [0.2, 0.25) is 5.02 Å². The van der Waals surface area contributed by atoms with Gasteiger partial charge in [0.15, 0.2) is 12.4 Å². The number of carbonyl (C=O) groups excluding carboxylic acids is 1. The predicted octanol–water partition coefficient (Wildman–Crippen LogP) is 3.81. The molecular formula is C19H12BrClN2O6. The quantitative estimate of drug-likeness (QED) is 0.405. The van der Waals surface area contributed by atoms with Crippen molar-refractivity contribution in [3.8, 4) is 11.8 Å². The molecule has 0 aromatic heterocycles.